The molecular weight excluding hydrogens is 474 g/mol. The average molecular weight is 506 g/mol. The molecule has 1 aliphatic heterocycles. The van der Waals surface area contributed by atoms with Crippen LogP contribution in [0.1, 0.15) is 35.2 Å². The number of aryl methyl sites for hydroxylation is 3. The van der Waals surface area contributed by atoms with Gasteiger partial charge < -0.3 is 14.6 Å². The highest BCUT2D eigenvalue weighted by molar-refractivity contribution is 7.80. The SMILES string of the molecule is COc1ccc(-c2c3c4n(c(-c5ccc(C)cc5)cn4c2C(=S)NCc2ccccc2)CCCC3)cc1. The van der Waals surface area contributed by atoms with E-state index in [1.165, 1.54) is 44.7 Å². The summed E-state index contributed by atoms with van der Waals surface area (Å²) in [6.07, 6.45) is 5.63. The van der Waals surface area contributed by atoms with E-state index in [2.05, 4.69) is 88.1 Å². The molecule has 0 saturated heterocycles. The van der Waals surface area contributed by atoms with Crippen molar-refractivity contribution in [1.82, 2.24) is 14.3 Å². The van der Waals surface area contributed by atoms with Crippen molar-refractivity contribution in [1.29, 1.82) is 0 Å². The fourth-order valence-corrected chi connectivity index (χ4v) is 5.77. The second-order valence-corrected chi connectivity index (χ2v) is 10.2. The van der Waals surface area contributed by atoms with Crippen LogP contribution in [0.3, 0.4) is 0 Å². The van der Waals surface area contributed by atoms with E-state index in [9.17, 15) is 0 Å². The lowest BCUT2D eigenvalue weighted by Crippen LogP contribution is -2.23. The van der Waals surface area contributed by atoms with Crippen molar-refractivity contribution in [2.75, 3.05) is 7.11 Å². The lowest BCUT2D eigenvalue weighted by molar-refractivity contribution is 0.415. The Hall–Kier alpha value is -3.83. The van der Waals surface area contributed by atoms with Crippen LogP contribution in [-0.4, -0.2) is 21.1 Å². The van der Waals surface area contributed by atoms with Gasteiger partial charge in [-0.05, 0) is 55.0 Å². The van der Waals surface area contributed by atoms with Crippen LogP contribution in [0.15, 0.2) is 85.1 Å². The van der Waals surface area contributed by atoms with Gasteiger partial charge in [-0.1, -0.05) is 84.5 Å². The van der Waals surface area contributed by atoms with E-state index in [1.807, 2.05) is 18.2 Å². The predicted molar refractivity (Wildman–Crippen MR) is 155 cm³/mol. The molecule has 0 fully saturated rings. The molecule has 0 amide bonds. The van der Waals surface area contributed by atoms with Gasteiger partial charge in [-0.15, -0.1) is 0 Å². The van der Waals surface area contributed by atoms with E-state index in [1.54, 1.807) is 7.11 Å². The summed E-state index contributed by atoms with van der Waals surface area (Å²) in [4.78, 5) is 0.768. The molecule has 1 N–H and O–H groups in total. The Morgan fingerprint density at radius 2 is 1.65 bits per heavy atom. The third-order valence-corrected chi connectivity index (χ3v) is 7.71. The maximum atomic E-state index is 6.12. The molecule has 186 valence electrons. The minimum absolute atomic E-state index is 0.690. The quantitative estimate of drug-likeness (QED) is 0.248. The van der Waals surface area contributed by atoms with Crippen LogP contribution in [0, 0.1) is 6.92 Å². The standard InChI is InChI=1S/C32H31N3OS/c1-22-11-13-24(14-12-22)28-21-35-30(31(37)33-20-23-8-4-3-5-9-23)29(25-15-17-26(36-2)18-16-25)27-10-6-7-19-34(28)32(27)35/h3-5,8-9,11-18,21H,6-7,10,19-20H2,1-2H3,(H,33,37). The smallest absolute Gasteiger partial charge is 0.124 e. The molecule has 0 spiro atoms. The summed E-state index contributed by atoms with van der Waals surface area (Å²) < 4.78 is 10.3. The first kappa shape index (κ1) is 23.6. The van der Waals surface area contributed by atoms with Gasteiger partial charge in [0, 0.05) is 30.4 Å². The topological polar surface area (TPSA) is 30.6 Å². The fourth-order valence-electron chi connectivity index (χ4n) is 5.49. The Morgan fingerprint density at radius 1 is 0.919 bits per heavy atom. The Morgan fingerprint density at radius 3 is 2.38 bits per heavy atom. The van der Waals surface area contributed by atoms with Crippen molar-refractivity contribution in [3.8, 4) is 28.1 Å². The minimum Gasteiger partial charge on any atom is -0.497 e. The van der Waals surface area contributed by atoms with Gasteiger partial charge in [0.05, 0.1) is 18.5 Å². The number of hydrogen-bond acceptors (Lipinski definition) is 2. The third-order valence-electron chi connectivity index (χ3n) is 7.37. The number of nitrogens with one attached hydrogen (secondary N) is 1. The van der Waals surface area contributed by atoms with Crippen LogP contribution in [0.25, 0.3) is 28.0 Å². The van der Waals surface area contributed by atoms with E-state index >= 15 is 0 Å². The highest BCUT2D eigenvalue weighted by atomic mass is 32.1. The first-order valence-electron chi connectivity index (χ1n) is 12.9. The van der Waals surface area contributed by atoms with Crippen molar-refractivity contribution in [2.45, 2.75) is 39.3 Å². The number of hydrogen-bond donors (Lipinski definition) is 1. The molecular formula is C32H31N3OS. The maximum Gasteiger partial charge on any atom is 0.124 e. The van der Waals surface area contributed by atoms with Crippen LogP contribution in [-0.2, 0) is 19.5 Å². The normalized spacial score (nSPS) is 12.9. The number of nitrogens with zero attached hydrogens (tertiary/aromatic N) is 2. The predicted octanol–water partition coefficient (Wildman–Crippen LogP) is 7.19. The van der Waals surface area contributed by atoms with Gasteiger partial charge in [0.2, 0.25) is 0 Å². The Bertz CT molecular complexity index is 1560. The molecule has 5 heteroatoms. The fraction of sp³-hybridized carbons (Fsp3) is 0.219. The lowest BCUT2D eigenvalue weighted by atomic mass is 9.98. The van der Waals surface area contributed by atoms with Crippen molar-refractivity contribution >= 4 is 22.9 Å². The molecule has 3 aromatic carbocycles. The zero-order valence-electron chi connectivity index (χ0n) is 21.3. The van der Waals surface area contributed by atoms with Crippen LogP contribution in [0.5, 0.6) is 5.75 Å². The van der Waals surface area contributed by atoms with E-state index < -0.39 is 0 Å². The summed E-state index contributed by atoms with van der Waals surface area (Å²) in [7, 11) is 1.71. The van der Waals surface area contributed by atoms with Crippen molar-refractivity contribution in [3.63, 3.8) is 0 Å². The summed E-state index contributed by atoms with van der Waals surface area (Å²) in [5.41, 5.74) is 11.1. The largest absolute Gasteiger partial charge is 0.497 e. The summed E-state index contributed by atoms with van der Waals surface area (Å²) in [5, 5.41) is 3.57. The van der Waals surface area contributed by atoms with Gasteiger partial charge >= 0.3 is 0 Å². The third kappa shape index (κ3) is 4.34. The van der Waals surface area contributed by atoms with Crippen molar-refractivity contribution in [2.24, 2.45) is 0 Å². The van der Waals surface area contributed by atoms with Gasteiger partial charge in [-0.25, -0.2) is 0 Å². The molecule has 5 aromatic rings. The van der Waals surface area contributed by atoms with E-state index in [0.29, 0.717) is 6.54 Å². The molecule has 4 nitrogen and oxygen atoms in total. The number of imidazole rings is 1. The molecule has 37 heavy (non-hydrogen) atoms. The zero-order chi connectivity index (χ0) is 25.4. The zero-order valence-corrected chi connectivity index (χ0v) is 22.1. The number of thiocarbonyl (C=S) groups is 1. The van der Waals surface area contributed by atoms with Crippen LogP contribution in [0.2, 0.25) is 0 Å². The number of aromatic nitrogens is 2. The van der Waals surface area contributed by atoms with Gasteiger partial charge in [-0.2, -0.15) is 0 Å². The second-order valence-electron chi connectivity index (χ2n) is 9.78. The molecule has 2 aromatic heterocycles. The number of methoxy groups -OCH3 is 1. The Kier molecular flexibility index (Phi) is 6.31. The highest BCUT2D eigenvalue weighted by Gasteiger charge is 2.28. The monoisotopic (exact) mass is 505 g/mol. The van der Waals surface area contributed by atoms with Crippen molar-refractivity contribution < 1.29 is 4.74 Å². The van der Waals surface area contributed by atoms with Crippen LogP contribution in [0.4, 0.5) is 0 Å². The van der Waals surface area contributed by atoms with Crippen molar-refractivity contribution in [3.05, 3.63) is 107 Å². The molecule has 0 saturated carbocycles. The van der Waals surface area contributed by atoms with Gasteiger partial charge in [0.1, 0.15) is 16.4 Å². The van der Waals surface area contributed by atoms with Crippen LogP contribution >= 0.6 is 12.2 Å². The van der Waals surface area contributed by atoms with Gasteiger partial charge in [0.15, 0.2) is 0 Å². The number of ether oxygens (including phenoxy) is 1. The van der Waals surface area contributed by atoms with Crippen LogP contribution < -0.4 is 10.1 Å². The van der Waals surface area contributed by atoms with Gasteiger partial charge in [0.25, 0.3) is 0 Å². The van der Waals surface area contributed by atoms with E-state index in [-0.39, 0.29) is 0 Å². The second kappa shape index (κ2) is 9.91. The summed E-state index contributed by atoms with van der Waals surface area (Å²) in [5.74, 6) is 0.857. The molecule has 0 unspecified atom stereocenters. The maximum absolute atomic E-state index is 6.12. The molecule has 6 rings (SSSR count). The van der Waals surface area contributed by atoms with Gasteiger partial charge in [-0.3, -0.25) is 4.40 Å². The number of rotatable bonds is 6. The molecule has 0 radical (unpaired) electrons. The first-order chi connectivity index (χ1) is 18.1. The highest BCUT2D eigenvalue weighted by Crippen LogP contribution is 2.40. The summed E-state index contributed by atoms with van der Waals surface area (Å²) >= 11 is 6.12. The number of benzene rings is 3. The molecule has 1 aliphatic rings. The Balaban J connectivity index is 1.54. The lowest BCUT2D eigenvalue weighted by Gasteiger charge is -2.13. The van der Waals surface area contributed by atoms with E-state index in [4.69, 9.17) is 17.0 Å². The molecule has 0 bridgehead atoms. The average Bonchev–Trinajstić information content (AvgIpc) is 3.35. The minimum atomic E-state index is 0.690. The molecule has 0 atom stereocenters. The Labute approximate surface area is 223 Å². The molecule has 3 heterocycles. The van der Waals surface area contributed by atoms with E-state index in [0.717, 1.165) is 42.2 Å². The molecule has 0 aliphatic carbocycles. The summed E-state index contributed by atoms with van der Waals surface area (Å²) in [6.45, 7) is 3.83. The summed E-state index contributed by atoms with van der Waals surface area (Å²) in [6, 6.07) is 27.7. The first-order valence-corrected chi connectivity index (χ1v) is 13.3.